The maximum absolute atomic E-state index is 14.2. The zero-order valence-corrected chi connectivity index (χ0v) is 15.8. The van der Waals surface area contributed by atoms with Crippen molar-refractivity contribution in [2.24, 2.45) is 0 Å². The van der Waals surface area contributed by atoms with E-state index in [-0.39, 0.29) is 29.0 Å². The maximum atomic E-state index is 14.2. The summed E-state index contributed by atoms with van der Waals surface area (Å²) in [6.07, 6.45) is 1.15. The monoisotopic (exact) mass is 423 g/mol. The predicted octanol–water partition coefficient (Wildman–Crippen LogP) is 3.82. The number of carbonyl (C=O) groups excluding carboxylic acids is 1. The van der Waals surface area contributed by atoms with Crippen molar-refractivity contribution in [2.45, 2.75) is 24.7 Å². The summed E-state index contributed by atoms with van der Waals surface area (Å²) in [5.74, 6) is -1.81. The number of benzene rings is 2. The molecule has 1 heterocycles. The lowest BCUT2D eigenvalue weighted by atomic mass is 9.74. The van der Waals surface area contributed by atoms with E-state index >= 15 is 0 Å². The summed E-state index contributed by atoms with van der Waals surface area (Å²) in [5, 5.41) is 10.0. The molecule has 0 spiro atoms. The molecule has 0 aliphatic carbocycles. The molecule has 138 valence electrons. The predicted molar refractivity (Wildman–Crippen MR) is 98.8 cm³/mol. The van der Waals surface area contributed by atoms with Gasteiger partial charge in [0.2, 0.25) is 5.91 Å². The largest absolute Gasteiger partial charge is 0.395 e. The van der Waals surface area contributed by atoms with Crippen molar-refractivity contribution in [3.05, 3.63) is 69.7 Å². The summed E-state index contributed by atoms with van der Waals surface area (Å²) < 4.78 is 28.3. The van der Waals surface area contributed by atoms with Crippen LogP contribution in [0, 0.1) is 11.6 Å². The van der Waals surface area contributed by atoms with E-state index in [0.717, 1.165) is 24.5 Å². The molecule has 3 rings (SSSR count). The standard InChI is InChI=1S/C20H20BrF2NO2/c21-16-7-8-17(22)15(19(16)23)11-18(26)24-10-4-9-20(12-24,13-25)14-5-2-1-3-6-14/h1-3,5-8,25H,4,9-13H2. The van der Waals surface area contributed by atoms with Crippen LogP contribution in [0.15, 0.2) is 46.9 Å². The molecule has 0 radical (unpaired) electrons. The molecule has 2 aromatic carbocycles. The van der Waals surface area contributed by atoms with Gasteiger partial charge in [-0.15, -0.1) is 0 Å². The van der Waals surface area contributed by atoms with Gasteiger partial charge in [0.05, 0.1) is 17.5 Å². The number of rotatable bonds is 4. The lowest BCUT2D eigenvalue weighted by molar-refractivity contribution is -0.133. The van der Waals surface area contributed by atoms with Crippen LogP contribution in [0.1, 0.15) is 24.0 Å². The molecule has 1 saturated heterocycles. The van der Waals surface area contributed by atoms with E-state index in [1.54, 1.807) is 4.90 Å². The minimum atomic E-state index is -0.744. The third kappa shape index (κ3) is 3.67. The van der Waals surface area contributed by atoms with Gasteiger partial charge in [0.15, 0.2) is 0 Å². The Morgan fingerprint density at radius 3 is 2.62 bits per heavy atom. The van der Waals surface area contributed by atoms with E-state index < -0.39 is 17.0 Å². The van der Waals surface area contributed by atoms with Gasteiger partial charge in [0.25, 0.3) is 0 Å². The van der Waals surface area contributed by atoms with Crippen molar-refractivity contribution >= 4 is 21.8 Å². The lowest BCUT2D eigenvalue weighted by Gasteiger charge is -2.42. The number of hydrogen-bond donors (Lipinski definition) is 1. The summed E-state index contributed by atoms with van der Waals surface area (Å²) in [7, 11) is 0. The first-order valence-electron chi connectivity index (χ1n) is 8.53. The molecule has 0 aromatic heterocycles. The van der Waals surface area contributed by atoms with Gasteiger partial charge in [-0.1, -0.05) is 30.3 Å². The maximum Gasteiger partial charge on any atom is 0.227 e. The first-order chi connectivity index (χ1) is 12.5. The number of aliphatic hydroxyl groups excluding tert-OH is 1. The van der Waals surface area contributed by atoms with Gasteiger partial charge in [-0.25, -0.2) is 8.78 Å². The molecule has 1 fully saturated rings. The Hall–Kier alpha value is -1.79. The highest BCUT2D eigenvalue weighted by molar-refractivity contribution is 9.10. The summed E-state index contributed by atoms with van der Waals surface area (Å²) in [5.41, 5.74) is 0.202. The quantitative estimate of drug-likeness (QED) is 0.759. The first-order valence-corrected chi connectivity index (χ1v) is 9.33. The van der Waals surface area contributed by atoms with Crippen molar-refractivity contribution in [2.75, 3.05) is 19.7 Å². The molecular weight excluding hydrogens is 404 g/mol. The molecule has 1 amide bonds. The number of hydrogen-bond acceptors (Lipinski definition) is 2. The Kier molecular flexibility index (Phi) is 5.73. The average molecular weight is 424 g/mol. The van der Waals surface area contributed by atoms with Crippen molar-refractivity contribution in [3.8, 4) is 0 Å². The molecular formula is C20H20BrF2NO2. The molecule has 1 aliphatic heterocycles. The molecule has 26 heavy (non-hydrogen) atoms. The van der Waals surface area contributed by atoms with Crippen LogP contribution in [0.2, 0.25) is 0 Å². The Labute approximate surface area is 159 Å². The van der Waals surface area contributed by atoms with E-state index in [1.165, 1.54) is 6.07 Å². The third-order valence-electron chi connectivity index (χ3n) is 5.09. The van der Waals surface area contributed by atoms with E-state index in [2.05, 4.69) is 15.9 Å². The summed E-state index contributed by atoms with van der Waals surface area (Å²) in [6, 6.07) is 12.0. The van der Waals surface area contributed by atoms with Crippen LogP contribution in [-0.2, 0) is 16.6 Å². The summed E-state index contributed by atoms with van der Waals surface area (Å²) >= 11 is 3.03. The van der Waals surface area contributed by atoms with Gasteiger partial charge in [0, 0.05) is 24.1 Å². The average Bonchev–Trinajstić information content (AvgIpc) is 2.68. The van der Waals surface area contributed by atoms with Gasteiger partial charge in [0.1, 0.15) is 11.6 Å². The van der Waals surface area contributed by atoms with Gasteiger partial charge in [-0.2, -0.15) is 0 Å². The van der Waals surface area contributed by atoms with E-state index in [4.69, 9.17) is 0 Å². The van der Waals surface area contributed by atoms with Gasteiger partial charge < -0.3 is 10.0 Å². The van der Waals surface area contributed by atoms with Crippen LogP contribution in [0.5, 0.6) is 0 Å². The van der Waals surface area contributed by atoms with Gasteiger partial charge in [-0.3, -0.25) is 4.79 Å². The summed E-state index contributed by atoms with van der Waals surface area (Å²) in [6.45, 7) is 0.772. The normalized spacial score (nSPS) is 20.2. The number of likely N-dealkylation sites (tertiary alicyclic amines) is 1. The number of piperidine rings is 1. The molecule has 2 aromatic rings. The lowest BCUT2D eigenvalue weighted by Crippen LogP contribution is -2.50. The fraction of sp³-hybridized carbons (Fsp3) is 0.350. The fourth-order valence-electron chi connectivity index (χ4n) is 3.59. The van der Waals surface area contributed by atoms with E-state index in [0.29, 0.717) is 13.1 Å². The molecule has 1 atom stereocenters. The minimum absolute atomic E-state index is 0.0829. The highest BCUT2D eigenvalue weighted by atomic mass is 79.9. The number of halogens is 3. The van der Waals surface area contributed by atoms with Gasteiger partial charge >= 0.3 is 0 Å². The first kappa shape index (κ1) is 19.0. The third-order valence-corrected chi connectivity index (χ3v) is 5.70. The Morgan fingerprint density at radius 1 is 1.19 bits per heavy atom. The van der Waals surface area contributed by atoms with Crippen molar-refractivity contribution < 1.29 is 18.7 Å². The summed E-state index contributed by atoms with van der Waals surface area (Å²) in [4.78, 5) is 14.3. The Morgan fingerprint density at radius 2 is 1.92 bits per heavy atom. The van der Waals surface area contributed by atoms with Crippen molar-refractivity contribution in [1.29, 1.82) is 0 Å². The molecule has 1 unspecified atom stereocenters. The molecule has 6 heteroatoms. The van der Waals surface area contributed by atoms with E-state index in [9.17, 15) is 18.7 Å². The van der Waals surface area contributed by atoms with Crippen LogP contribution in [0.25, 0.3) is 0 Å². The molecule has 0 bridgehead atoms. The second kappa shape index (κ2) is 7.84. The number of carbonyl (C=O) groups is 1. The SMILES string of the molecule is O=C(Cc1c(F)ccc(Br)c1F)N1CCCC(CO)(c2ccccc2)C1. The molecule has 1 N–H and O–H groups in total. The second-order valence-electron chi connectivity index (χ2n) is 6.72. The fourth-order valence-corrected chi connectivity index (χ4v) is 3.96. The smallest absolute Gasteiger partial charge is 0.227 e. The van der Waals surface area contributed by atoms with Crippen molar-refractivity contribution in [1.82, 2.24) is 4.90 Å². The topological polar surface area (TPSA) is 40.5 Å². The van der Waals surface area contributed by atoms with E-state index in [1.807, 2.05) is 30.3 Å². The number of nitrogens with zero attached hydrogens (tertiary/aromatic N) is 1. The molecule has 3 nitrogen and oxygen atoms in total. The second-order valence-corrected chi connectivity index (χ2v) is 7.58. The zero-order chi connectivity index (χ0) is 18.7. The highest BCUT2D eigenvalue weighted by Crippen LogP contribution is 2.34. The molecule has 1 aliphatic rings. The van der Waals surface area contributed by atoms with Crippen LogP contribution < -0.4 is 0 Å². The van der Waals surface area contributed by atoms with Crippen LogP contribution in [0.4, 0.5) is 8.78 Å². The van der Waals surface area contributed by atoms with Crippen LogP contribution in [0.3, 0.4) is 0 Å². The Bertz CT molecular complexity index is 800. The highest BCUT2D eigenvalue weighted by Gasteiger charge is 2.38. The zero-order valence-electron chi connectivity index (χ0n) is 14.2. The number of amides is 1. The Balaban J connectivity index is 1.82. The van der Waals surface area contributed by atoms with Crippen LogP contribution >= 0.6 is 15.9 Å². The van der Waals surface area contributed by atoms with Crippen LogP contribution in [-0.4, -0.2) is 35.6 Å². The van der Waals surface area contributed by atoms with Crippen molar-refractivity contribution in [3.63, 3.8) is 0 Å². The van der Waals surface area contributed by atoms with Gasteiger partial charge in [-0.05, 0) is 46.5 Å². The minimum Gasteiger partial charge on any atom is -0.395 e. The molecule has 0 saturated carbocycles. The number of aliphatic hydroxyl groups is 1.